The topological polar surface area (TPSA) is 148 Å². The van der Waals surface area contributed by atoms with Crippen LogP contribution in [-0.2, 0) is 15.8 Å². The molecule has 0 amide bonds. The Morgan fingerprint density at radius 3 is 2.25 bits per heavy atom. The highest BCUT2D eigenvalue weighted by Gasteiger charge is 2.19. The minimum absolute atomic E-state index is 0.0813. The molecule has 0 spiro atoms. The average molecular weight is 454 g/mol. The summed E-state index contributed by atoms with van der Waals surface area (Å²) >= 11 is 0. The maximum absolute atomic E-state index is 10.9. The number of rotatable bonds is 9. The van der Waals surface area contributed by atoms with Gasteiger partial charge in [-0.05, 0) is 11.1 Å². The molecule has 0 unspecified atom stereocenters. The molecule has 0 saturated heterocycles. The van der Waals surface area contributed by atoms with Gasteiger partial charge < -0.3 is 30.1 Å². The molecule has 0 fully saturated rings. The number of fused-ring (bicyclic) bond motifs is 1. The van der Waals surface area contributed by atoms with Crippen molar-refractivity contribution in [3.8, 4) is 0 Å². The van der Waals surface area contributed by atoms with Crippen molar-refractivity contribution in [1.29, 1.82) is 0 Å². The third-order valence-electron chi connectivity index (χ3n) is 4.76. The first kappa shape index (κ1) is 21.9. The first-order valence-corrected chi connectivity index (χ1v) is 11.7. The van der Waals surface area contributed by atoms with E-state index in [-0.39, 0.29) is 18.6 Å². The Morgan fingerprint density at radius 1 is 1.03 bits per heavy atom. The molecule has 4 aromatic rings. The van der Waals surface area contributed by atoms with E-state index in [9.17, 15) is 4.57 Å². The standard InChI is InChI=1S/C21H23N6O4P/c22-21-25-19(18-20(26-21)27(13-23-18)11-12-31-14-32(28,29)30)24-17(15-7-3-1-4-8-15)16-9-5-2-6-10-16/h1-10,13,17H,11-12,14H2,(H2,28,29,30)(H3,22,24,25,26). The molecule has 0 saturated carbocycles. The first-order valence-electron chi connectivity index (χ1n) is 9.88. The number of aromatic nitrogens is 4. The molecule has 5 N–H and O–H groups in total. The fourth-order valence-electron chi connectivity index (χ4n) is 3.36. The minimum Gasteiger partial charge on any atom is -0.368 e. The summed E-state index contributed by atoms with van der Waals surface area (Å²) in [6.07, 6.45) is 0.935. The SMILES string of the molecule is Nc1nc(NC(c2ccccc2)c2ccccc2)c2ncn(CCOCP(=O)(O)O)c2n1. The van der Waals surface area contributed by atoms with E-state index in [1.807, 2.05) is 60.7 Å². The molecular weight excluding hydrogens is 431 g/mol. The summed E-state index contributed by atoms with van der Waals surface area (Å²) in [5.41, 5.74) is 9.11. The Labute approximate surface area is 184 Å². The van der Waals surface area contributed by atoms with Crippen LogP contribution in [0, 0.1) is 0 Å². The Kier molecular flexibility index (Phi) is 6.48. The number of nitrogen functional groups attached to an aromatic ring is 1. The van der Waals surface area contributed by atoms with Crippen LogP contribution < -0.4 is 11.1 Å². The third-order valence-corrected chi connectivity index (χ3v) is 5.28. The lowest BCUT2D eigenvalue weighted by Crippen LogP contribution is -2.15. The van der Waals surface area contributed by atoms with Crippen LogP contribution in [-0.4, -0.2) is 42.3 Å². The molecule has 0 aliphatic heterocycles. The van der Waals surface area contributed by atoms with Gasteiger partial charge in [0, 0.05) is 6.54 Å². The van der Waals surface area contributed by atoms with Gasteiger partial charge in [0.1, 0.15) is 6.35 Å². The fraction of sp³-hybridized carbons (Fsp3) is 0.190. The lowest BCUT2D eigenvalue weighted by Gasteiger charge is -2.20. The van der Waals surface area contributed by atoms with Crippen LogP contribution in [0.2, 0.25) is 0 Å². The summed E-state index contributed by atoms with van der Waals surface area (Å²) in [6.45, 7) is 0.382. The van der Waals surface area contributed by atoms with Gasteiger partial charge in [-0.1, -0.05) is 60.7 Å². The Morgan fingerprint density at radius 2 is 1.66 bits per heavy atom. The predicted molar refractivity (Wildman–Crippen MR) is 121 cm³/mol. The maximum Gasteiger partial charge on any atom is 0.350 e. The second-order valence-electron chi connectivity index (χ2n) is 7.14. The third kappa shape index (κ3) is 5.30. The van der Waals surface area contributed by atoms with E-state index in [0.29, 0.717) is 23.5 Å². The Balaban J connectivity index is 1.63. The van der Waals surface area contributed by atoms with Crippen molar-refractivity contribution in [2.75, 3.05) is 24.0 Å². The van der Waals surface area contributed by atoms with Gasteiger partial charge in [-0.25, -0.2) is 4.98 Å². The molecule has 166 valence electrons. The van der Waals surface area contributed by atoms with Crippen LogP contribution in [0.4, 0.5) is 11.8 Å². The normalized spacial score (nSPS) is 11.8. The highest BCUT2D eigenvalue weighted by atomic mass is 31.2. The van der Waals surface area contributed by atoms with Crippen LogP contribution in [0.3, 0.4) is 0 Å². The summed E-state index contributed by atoms with van der Waals surface area (Å²) in [6, 6.07) is 19.8. The Bertz CT molecular complexity index is 1190. The number of nitrogens with two attached hydrogens (primary N) is 1. The summed E-state index contributed by atoms with van der Waals surface area (Å²) in [7, 11) is -4.21. The number of imidazole rings is 1. The molecule has 0 bridgehead atoms. The van der Waals surface area contributed by atoms with Crippen LogP contribution in [0.25, 0.3) is 11.2 Å². The summed E-state index contributed by atoms with van der Waals surface area (Å²) in [4.78, 5) is 30.9. The Hall–Kier alpha value is -3.30. The smallest absolute Gasteiger partial charge is 0.350 e. The van der Waals surface area contributed by atoms with Gasteiger partial charge in [-0.3, -0.25) is 4.57 Å². The predicted octanol–water partition coefficient (Wildman–Crippen LogP) is 2.76. The van der Waals surface area contributed by atoms with Crippen molar-refractivity contribution in [3.63, 3.8) is 0 Å². The minimum atomic E-state index is -4.21. The second kappa shape index (κ2) is 9.46. The molecule has 0 aliphatic rings. The summed E-state index contributed by atoms with van der Waals surface area (Å²) in [5.74, 6) is 0.567. The number of anilines is 2. The molecule has 0 radical (unpaired) electrons. The van der Waals surface area contributed by atoms with E-state index >= 15 is 0 Å². The largest absolute Gasteiger partial charge is 0.368 e. The van der Waals surface area contributed by atoms with E-state index in [1.165, 1.54) is 0 Å². The summed E-state index contributed by atoms with van der Waals surface area (Å²) in [5, 5.41) is 3.45. The van der Waals surface area contributed by atoms with Gasteiger partial charge in [-0.15, -0.1) is 0 Å². The van der Waals surface area contributed by atoms with E-state index in [2.05, 4.69) is 20.3 Å². The van der Waals surface area contributed by atoms with Gasteiger partial charge >= 0.3 is 7.60 Å². The molecule has 2 aromatic heterocycles. The van der Waals surface area contributed by atoms with E-state index in [4.69, 9.17) is 20.3 Å². The number of ether oxygens (including phenoxy) is 1. The highest BCUT2D eigenvalue weighted by molar-refractivity contribution is 7.51. The van der Waals surface area contributed by atoms with Crippen molar-refractivity contribution in [2.45, 2.75) is 12.6 Å². The van der Waals surface area contributed by atoms with Crippen LogP contribution in [0.5, 0.6) is 0 Å². The molecule has 11 heteroatoms. The molecule has 32 heavy (non-hydrogen) atoms. The van der Waals surface area contributed by atoms with Crippen molar-refractivity contribution in [2.24, 2.45) is 0 Å². The van der Waals surface area contributed by atoms with Gasteiger partial charge in [0.25, 0.3) is 0 Å². The van der Waals surface area contributed by atoms with Crippen molar-refractivity contribution >= 4 is 30.5 Å². The fourth-order valence-corrected chi connectivity index (χ4v) is 3.73. The van der Waals surface area contributed by atoms with E-state index in [1.54, 1.807) is 10.9 Å². The highest BCUT2D eigenvalue weighted by Crippen LogP contribution is 2.34. The number of nitrogens with one attached hydrogen (secondary N) is 1. The molecule has 0 atom stereocenters. The zero-order valence-corrected chi connectivity index (χ0v) is 18.0. The number of hydrogen-bond acceptors (Lipinski definition) is 7. The van der Waals surface area contributed by atoms with Crippen LogP contribution >= 0.6 is 7.60 Å². The molecule has 2 aromatic carbocycles. The quantitative estimate of drug-likeness (QED) is 0.221. The van der Waals surface area contributed by atoms with Crippen molar-refractivity contribution in [3.05, 3.63) is 78.1 Å². The lowest BCUT2D eigenvalue weighted by atomic mass is 9.99. The molecule has 4 rings (SSSR count). The van der Waals surface area contributed by atoms with Crippen LogP contribution in [0.15, 0.2) is 67.0 Å². The maximum atomic E-state index is 10.9. The zero-order chi connectivity index (χ0) is 22.6. The molecule has 10 nitrogen and oxygen atoms in total. The number of hydrogen-bond donors (Lipinski definition) is 4. The van der Waals surface area contributed by atoms with Gasteiger partial charge in [0.05, 0.1) is 19.0 Å². The average Bonchev–Trinajstić information content (AvgIpc) is 3.18. The van der Waals surface area contributed by atoms with E-state index < -0.39 is 13.9 Å². The molecular formula is C21H23N6O4P. The monoisotopic (exact) mass is 454 g/mol. The van der Waals surface area contributed by atoms with Crippen LogP contribution in [0.1, 0.15) is 17.2 Å². The van der Waals surface area contributed by atoms with Gasteiger partial charge in [0.2, 0.25) is 5.95 Å². The van der Waals surface area contributed by atoms with Gasteiger partial charge in [0.15, 0.2) is 17.0 Å². The molecule has 2 heterocycles. The van der Waals surface area contributed by atoms with Crippen molar-refractivity contribution < 1.29 is 19.1 Å². The zero-order valence-electron chi connectivity index (χ0n) is 17.1. The number of nitrogens with zero attached hydrogens (tertiary/aromatic N) is 4. The second-order valence-corrected chi connectivity index (χ2v) is 8.73. The molecule has 0 aliphatic carbocycles. The van der Waals surface area contributed by atoms with Crippen molar-refractivity contribution in [1.82, 2.24) is 19.5 Å². The summed E-state index contributed by atoms with van der Waals surface area (Å²) < 4.78 is 17.7. The van der Waals surface area contributed by atoms with Gasteiger partial charge in [-0.2, -0.15) is 9.97 Å². The van der Waals surface area contributed by atoms with E-state index in [0.717, 1.165) is 11.1 Å². The first-order chi connectivity index (χ1) is 15.4. The lowest BCUT2D eigenvalue weighted by molar-refractivity contribution is 0.149. The number of benzene rings is 2.